The number of rotatable bonds is 7. The molecular weight excluding hydrogens is 671 g/mol. The molecule has 1 aliphatic rings. The smallest absolute Gasteiger partial charge is 0.137 e. The summed E-state index contributed by atoms with van der Waals surface area (Å²) in [5, 5.41) is 2.42. The Kier molecular flexibility index (Phi) is 8.50. The number of hydrogen-bond acceptors (Lipinski definition) is 4. The average Bonchev–Trinajstić information content (AvgIpc) is 3.71. The molecule has 1 aliphatic heterocycles. The molecule has 0 radical (unpaired) electrons. The zero-order valence-electron chi connectivity index (χ0n) is 32.1. The van der Waals surface area contributed by atoms with E-state index >= 15 is 0 Å². The summed E-state index contributed by atoms with van der Waals surface area (Å²) in [6, 6.07) is 59.0. The van der Waals surface area contributed by atoms with Gasteiger partial charge in [0, 0.05) is 56.8 Å². The van der Waals surface area contributed by atoms with Gasteiger partial charge >= 0.3 is 0 Å². The van der Waals surface area contributed by atoms with Crippen LogP contribution in [0.25, 0.3) is 38.8 Å². The van der Waals surface area contributed by atoms with Crippen LogP contribution in [-0.2, 0) is 5.41 Å². The molecule has 3 heterocycles. The number of allylic oxidation sites excluding steroid dienone is 2. The van der Waals surface area contributed by atoms with E-state index in [2.05, 4.69) is 218 Å². The van der Waals surface area contributed by atoms with E-state index in [4.69, 9.17) is 4.98 Å². The van der Waals surface area contributed by atoms with Gasteiger partial charge in [-0.15, -0.1) is 0 Å². The van der Waals surface area contributed by atoms with Crippen molar-refractivity contribution in [2.45, 2.75) is 40.0 Å². The van der Waals surface area contributed by atoms with E-state index in [0.717, 1.165) is 46.3 Å². The zero-order chi connectivity index (χ0) is 37.7. The second kappa shape index (κ2) is 13.7. The Morgan fingerprint density at radius 1 is 0.509 bits per heavy atom. The molecule has 0 unspecified atom stereocenters. The summed E-state index contributed by atoms with van der Waals surface area (Å²) in [7, 11) is 0. The van der Waals surface area contributed by atoms with Gasteiger partial charge < -0.3 is 14.7 Å². The van der Waals surface area contributed by atoms with Crippen molar-refractivity contribution in [1.29, 1.82) is 0 Å². The number of hydrogen-bond donors (Lipinski definition) is 0. The van der Waals surface area contributed by atoms with Crippen LogP contribution in [0.2, 0.25) is 0 Å². The maximum atomic E-state index is 4.94. The molecule has 0 saturated carbocycles. The summed E-state index contributed by atoms with van der Waals surface area (Å²) < 4.78 is 2.32. The van der Waals surface area contributed by atoms with Crippen LogP contribution in [0.4, 0.5) is 28.4 Å². The van der Waals surface area contributed by atoms with E-state index in [1.54, 1.807) is 0 Å². The van der Waals surface area contributed by atoms with Gasteiger partial charge in [0.2, 0.25) is 0 Å². The minimum Gasteiger partial charge on any atom is -0.325 e. The molecule has 55 heavy (non-hydrogen) atoms. The predicted octanol–water partition coefficient (Wildman–Crippen LogP) is 13.1. The van der Waals surface area contributed by atoms with E-state index in [1.165, 1.54) is 44.5 Å². The lowest BCUT2D eigenvalue weighted by molar-refractivity contribution is 0.588. The van der Waals surface area contributed by atoms with Crippen LogP contribution >= 0.6 is 0 Å². The summed E-state index contributed by atoms with van der Waals surface area (Å²) in [6.45, 7) is 12.0. The first kappa shape index (κ1) is 34.2. The molecule has 0 aliphatic carbocycles. The Morgan fingerprint density at radius 3 is 1.85 bits per heavy atom. The number of benzene rings is 6. The number of pyridine rings is 1. The highest BCUT2D eigenvalue weighted by molar-refractivity contribution is 6.10. The topological polar surface area (TPSA) is 27.5 Å². The summed E-state index contributed by atoms with van der Waals surface area (Å²) in [4.78, 5) is 12.1. The summed E-state index contributed by atoms with van der Waals surface area (Å²) in [6.07, 6.45) is 1.94. The van der Waals surface area contributed by atoms with E-state index in [1.807, 2.05) is 6.20 Å². The summed E-state index contributed by atoms with van der Waals surface area (Å²) in [5.74, 6) is 0.926. The molecule has 5 nitrogen and oxygen atoms in total. The zero-order valence-corrected chi connectivity index (χ0v) is 32.1. The number of para-hydroxylation sites is 2. The first-order chi connectivity index (χ1) is 26.7. The first-order valence-corrected chi connectivity index (χ1v) is 19.1. The van der Waals surface area contributed by atoms with Crippen molar-refractivity contribution in [2.24, 2.45) is 0 Å². The van der Waals surface area contributed by atoms with Crippen molar-refractivity contribution in [2.75, 3.05) is 21.4 Å². The molecule has 5 heteroatoms. The van der Waals surface area contributed by atoms with Crippen LogP contribution in [0.5, 0.6) is 0 Å². The van der Waals surface area contributed by atoms with Crippen LogP contribution in [0.3, 0.4) is 0 Å². The highest BCUT2D eigenvalue weighted by atomic mass is 15.4. The molecule has 0 atom stereocenters. The largest absolute Gasteiger partial charge is 0.325 e. The van der Waals surface area contributed by atoms with Crippen molar-refractivity contribution in [3.8, 4) is 16.9 Å². The maximum Gasteiger partial charge on any atom is 0.137 e. The predicted molar refractivity (Wildman–Crippen MR) is 232 cm³/mol. The maximum absolute atomic E-state index is 4.94. The molecule has 8 aromatic rings. The lowest BCUT2D eigenvalue weighted by Crippen LogP contribution is -2.27. The third-order valence-electron chi connectivity index (χ3n) is 11.1. The molecule has 0 amide bonds. The molecule has 9 rings (SSSR count). The molecule has 0 bridgehead atoms. The fraction of sp³-hybridized carbons (Fsp3) is 0.140. The molecule has 2 aromatic heterocycles. The van der Waals surface area contributed by atoms with Crippen molar-refractivity contribution in [1.82, 2.24) is 9.55 Å². The lowest BCUT2D eigenvalue weighted by Gasteiger charge is -2.28. The standard InChI is InChI=1S/C50H45N5/c1-35-36(2)53(34-52(35)41-21-14-18-38(30-41)37-16-8-6-9-17-37)42-22-15-23-43(32-42)54(40-19-10-7-11-20-40)44-26-27-46-45-24-12-13-25-47(45)55(48(46)33-44)49-31-39(28-29-51-49)50(3,4)5/h6-33H,34H2,1-5H3. The van der Waals surface area contributed by atoms with Crippen LogP contribution < -0.4 is 14.7 Å². The molecule has 270 valence electrons. The second-order valence-electron chi connectivity index (χ2n) is 15.5. The van der Waals surface area contributed by atoms with E-state index in [-0.39, 0.29) is 5.41 Å². The van der Waals surface area contributed by atoms with Gasteiger partial charge in [0.1, 0.15) is 5.82 Å². The van der Waals surface area contributed by atoms with Crippen molar-refractivity contribution < 1.29 is 0 Å². The van der Waals surface area contributed by atoms with Gasteiger partial charge in [-0.3, -0.25) is 4.57 Å². The van der Waals surface area contributed by atoms with Crippen LogP contribution in [0, 0.1) is 0 Å². The number of aromatic nitrogens is 2. The monoisotopic (exact) mass is 715 g/mol. The Bertz CT molecular complexity index is 2700. The van der Waals surface area contributed by atoms with Crippen molar-refractivity contribution in [3.05, 3.63) is 187 Å². The van der Waals surface area contributed by atoms with E-state index in [9.17, 15) is 0 Å². The Morgan fingerprint density at radius 2 is 1.11 bits per heavy atom. The van der Waals surface area contributed by atoms with Gasteiger partial charge in [0.15, 0.2) is 0 Å². The second-order valence-corrected chi connectivity index (χ2v) is 15.5. The van der Waals surface area contributed by atoms with Gasteiger partial charge in [-0.1, -0.05) is 112 Å². The molecule has 0 spiro atoms. The highest BCUT2D eigenvalue weighted by Crippen LogP contribution is 2.42. The average molecular weight is 716 g/mol. The Balaban J connectivity index is 1.13. The van der Waals surface area contributed by atoms with Crippen molar-refractivity contribution >= 4 is 50.2 Å². The molecule has 6 aromatic carbocycles. The fourth-order valence-electron chi connectivity index (χ4n) is 7.96. The summed E-state index contributed by atoms with van der Waals surface area (Å²) in [5.41, 5.74) is 14.1. The number of fused-ring (bicyclic) bond motifs is 3. The normalized spacial score (nSPS) is 13.3. The number of anilines is 5. The molecular formula is C50H45N5. The van der Waals surface area contributed by atoms with Gasteiger partial charge in [0.05, 0.1) is 17.7 Å². The van der Waals surface area contributed by atoms with Crippen LogP contribution in [0.1, 0.15) is 40.2 Å². The first-order valence-electron chi connectivity index (χ1n) is 19.1. The van der Waals surface area contributed by atoms with E-state index in [0.29, 0.717) is 0 Å². The Labute approximate surface area is 324 Å². The third-order valence-corrected chi connectivity index (χ3v) is 11.1. The van der Waals surface area contributed by atoms with Gasteiger partial charge in [-0.05, 0) is 109 Å². The lowest BCUT2D eigenvalue weighted by atomic mass is 9.88. The number of nitrogens with zero attached hydrogens (tertiary/aromatic N) is 5. The van der Waals surface area contributed by atoms with Gasteiger partial charge in [-0.2, -0.15) is 0 Å². The van der Waals surface area contributed by atoms with Gasteiger partial charge in [0.25, 0.3) is 0 Å². The minimum atomic E-state index is 0.00138. The quantitative estimate of drug-likeness (QED) is 0.164. The Hall–Kier alpha value is -6.59. The van der Waals surface area contributed by atoms with Gasteiger partial charge in [-0.25, -0.2) is 4.98 Å². The van der Waals surface area contributed by atoms with Crippen LogP contribution in [-0.4, -0.2) is 16.2 Å². The van der Waals surface area contributed by atoms with Crippen molar-refractivity contribution in [3.63, 3.8) is 0 Å². The molecule has 0 saturated heterocycles. The molecule has 0 fully saturated rings. The highest BCUT2D eigenvalue weighted by Gasteiger charge is 2.27. The summed E-state index contributed by atoms with van der Waals surface area (Å²) >= 11 is 0. The van der Waals surface area contributed by atoms with Crippen LogP contribution in [0.15, 0.2) is 181 Å². The SMILES string of the molecule is CC1=C(C)N(c2cccc(N(c3ccccc3)c3ccc4c5ccccc5n(-c5cc(C(C)(C)C)ccn5)c4c3)c2)CN1c1cccc(-c2ccccc2)c1. The third kappa shape index (κ3) is 6.22. The fourth-order valence-corrected chi connectivity index (χ4v) is 7.96. The van der Waals surface area contributed by atoms with E-state index < -0.39 is 0 Å². The minimum absolute atomic E-state index is 0.00138. The molecule has 0 N–H and O–H groups in total.